The van der Waals surface area contributed by atoms with Crippen molar-refractivity contribution in [2.75, 3.05) is 6.54 Å². The lowest BCUT2D eigenvalue weighted by Crippen LogP contribution is -2.50. The molecule has 2 aromatic rings. The molecule has 4 N–H and O–H groups in total. The van der Waals surface area contributed by atoms with E-state index in [2.05, 4.69) is 4.98 Å². The van der Waals surface area contributed by atoms with Gasteiger partial charge in [-0.25, -0.2) is 9.37 Å². The quantitative estimate of drug-likeness (QED) is 0.495. The Bertz CT molecular complexity index is 884. The first-order valence-corrected chi connectivity index (χ1v) is 8.41. The molecule has 5 nitrogen and oxygen atoms in total. The van der Waals surface area contributed by atoms with E-state index in [4.69, 9.17) is 17.3 Å². The van der Waals surface area contributed by atoms with Crippen LogP contribution in [0.4, 0.5) is 17.6 Å². The number of carbonyl (C=O) groups is 1. The topological polar surface area (TPSA) is 88.2 Å². The van der Waals surface area contributed by atoms with Crippen LogP contribution in [0.5, 0.6) is 0 Å². The largest absolute Gasteiger partial charge is 0.424 e. The lowest BCUT2D eigenvalue weighted by atomic mass is 9.89. The maximum atomic E-state index is 13.6. The van der Waals surface area contributed by atoms with Crippen molar-refractivity contribution in [3.8, 4) is 11.3 Å². The molecule has 1 heterocycles. The number of hydrogen-bond donors (Lipinski definition) is 3. The number of rotatable bonds is 6. The second-order valence-corrected chi connectivity index (χ2v) is 7.24. The summed E-state index contributed by atoms with van der Waals surface area (Å²) in [7, 11) is 0. The summed E-state index contributed by atoms with van der Waals surface area (Å²) < 4.78 is 54.4. The minimum Gasteiger partial charge on any atom is -0.374 e. The fourth-order valence-corrected chi connectivity index (χ4v) is 2.62. The molecule has 1 unspecified atom stereocenters. The highest BCUT2D eigenvalue weighted by molar-refractivity contribution is 6.31. The number of amides is 1. The monoisotopic (exact) mass is 419 g/mol. The highest BCUT2D eigenvalue weighted by atomic mass is 35.5. The third-order valence-electron chi connectivity index (χ3n) is 4.12. The number of alkyl halides is 3. The second-order valence-electron chi connectivity index (χ2n) is 6.83. The normalized spacial score (nSPS) is 14.5. The standard InChI is InChI=1S/C18H18ClF4N3O2/c1-16(2,24)11-6-14(10-3-4-13(20)12(19)5-10)26-15(7-11)17(28,8-25-9-27)18(21,22)23/h3-7,9,28H,8,24H2,1-2H3,(H,25,27). The molecule has 10 heteroatoms. The Morgan fingerprint density at radius 2 is 1.89 bits per heavy atom. The maximum absolute atomic E-state index is 13.6. The molecule has 1 atom stereocenters. The van der Waals surface area contributed by atoms with Gasteiger partial charge in [-0.1, -0.05) is 11.6 Å². The summed E-state index contributed by atoms with van der Waals surface area (Å²) in [6.07, 6.45) is -5.11. The van der Waals surface area contributed by atoms with Gasteiger partial charge in [-0.2, -0.15) is 13.2 Å². The Morgan fingerprint density at radius 3 is 2.39 bits per heavy atom. The zero-order valence-corrected chi connectivity index (χ0v) is 15.7. The summed E-state index contributed by atoms with van der Waals surface area (Å²) >= 11 is 5.76. The van der Waals surface area contributed by atoms with Gasteiger partial charge in [0.15, 0.2) is 0 Å². The van der Waals surface area contributed by atoms with Crippen molar-refractivity contribution in [2.45, 2.75) is 31.2 Å². The SMILES string of the molecule is CC(C)(N)c1cc(-c2ccc(F)c(Cl)c2)nc(C(O)(CNC=O)C(F)(F)F)c1. The molecule has 0 aliphatic rings. The molecule has 28 heavy (non-hydrogen) atoms. The van der Waals surface area contributed by atoms with Crippen LogP contribution in [0.3, 0.4) is 0 Å². The molecular weight excluding hydrogens is 402 g/mol. The first-order valence-electron chi connectivity index (χ1n) is 8.03. The van der Waals surface area contributed by atoms with E-state index in [0.29, 0.717) is 0 Å². The molecule has 152 valence electrons. The number of hydrogen-bond acceptors (Lipinski definition) is 4. The van der Waals surface area contributed by atoms with E-state index in [1.54, 1.807) is 13.8 Å². The number of nitrogens with one attached hydrogen (secondary N) is 1. The van der Waals surface area contributed by atoms with Gasteiger partial charge >= 0.3 is 6.18 Å². The summed E-state index contributed by atoms with van der Waals surface area (Å²) in [4.78, 5) is 14.4. The van der Waals surface area contributed by atoms with Crippen LogP contribution in [0.1, 0.15) is 25.1 Å². The lowest BCUT2D eigenvalue weighted by molar-refractivity contribution is -0.265. The molecule has 0 saturated carbocycles. The molecule has 1 aromatic carbocycles. The van der Waals surface area contributed by atoms with Crippen molar-refractivity contribution >= 4 is 18.0 Å². The van der Waals surface area contributed by atoms with Crippen LogP contribution >= 0.6 is 11.6 Å². The van der Waals surface area contributed by atoms with Crippen molar-refractivity contribution in [2.24, 2.45) is 5.73 Å². The third kappa shape index (κ3) is 4.43. The van der Waals surface area contributed by atoms with Crippen molar-refractivity contribution in [1.82, 2.24) is 10.3 Å². The number of nitrogens with zero attached hydrogens (tertiary/aromatic N) is 1. The lowest BCUT2D eigenvalue weighted by Gasteiger charge is -2.31. The molecule has 0 fully saturated rings. The van der Waals surface area contributed by atoms with Crippen LogP contribution in [0.2, 0.25) is 5.02 Å². The Labute approximate surface area is 163 Å². The van der Waals surface area contributed by atoms with E-state index in [-0.39, 0.29) is 28.3 Å². The zero-order chi connectivity index (χ0) is 21.3. The second kappa shape index (κ2) is 7.65. The Morgan fingerprint density at radius 1 is 1.25 bits per heavy atom. The van der Waals surface area contributed by atoms with Gasteiger partial charge in [0.1, 0.15) is 5.82 Å². The highest BCUT2D eigenvalue weighted by Gasteiger charge is 2.56. The van der Waals surface area contributed by atoms with Crippen molar-refractivity contribution in [3.63, 3.8) is 0 Å². The van der Waals surface area contributed by atoms with Gasteiger partial charge in [-0.3, -0.25) is 4.79 Å². The van der Waals surface area contributed by atoms with Crippen LogP contribution in [0, 0.1) is 5.82 Å². The van der Waals surface area contributed by atoms with E-state index >= 15 is 0 Å². The average molecular weight is 420 g/mol. The first kappa shape index (κ1) is 22.1. The van der Waals surface area contributed by atoms with Gasteiger partial charge in [-0.15, -0.1) is 0 Å². The minimum absolute atomic E-state index is 0.00158. The van der Waals surface area contributed by atoms with Crippen molar-refractivity contribution < 1.29 is 27.5 Å². The molecular formula is C18H18ClF4N3O2. The maximum Gasteiger partial charge on any atom is 0.424 e. The Balaban J connectivity index is 2.76. The predicted molar refractivity (Wildman–Crippen MR) is 95.9 cm³/mol. The smallest absolute Gasteiger partial charge is 0.374 e. The van der Waals surface area contributed by atoms with Crippen LogP contribution in [-0.4, -0.2) is 29.2 Å². The summed E-state index contributed by atoms with van der Waals surface area (Å²) in [5, 5.41) is 12.0. The number of nitrogens with two attached hydrogens (primary N) is 1. The number of aromatic nitrogens is 1. The molecule has 0 bridgehead atoms. The molecule has 0 aliphatic carbocycles. The Kier molecular flexibility index (Phi) is 6.03. The van der Waals surface area contributed by atoms with E-state index in [1.165, 1.54) is 18.2 Å². The molecule has 0 saturated heterocycles. The summed E-state index contributed by atoms with van der Waals surface area (Å²) in [5.74, 6) is -0.706. The van der Waals surface area contributed by atoms with Crippen LogP contribution in [-0.2, 0) is 15.9 Å². The van der Waals surface area contributed by atoms with Gasteiger partial charge in [0.2, 0.25) is 12.0 Å². The summed E-state index contributed by atoms with van der Waals surface area (Å²) in [6.45, 7) is 1.97. The van der Waals surface area contributed by atoms with Gasteiger partial charge < -0.3 is 16.2 Å². The number of aliphatic hydroxyl groups is 1. The minimum atomic E-state index is -5.15. The number of carbonyl (C=O) groups excluding carboxylic acids is 1. The summed E-state index contributed by atoms with van der Waals surface area (Å²) in [5.41, 5.74) is 1.19. The van der Waals surface area contributed by atoms with Crippen molar-refractivity contribution in [1.29, 1.82) is 0 Å². The average Bonchev–Trinajstić information content (AvgIpc) is 2.59. The van der Waals surface area contributed by atoms with E-state index in [9.17, 15) is 27.5 Å². The van der Waals surface area contributed by atoms with Crippen LogP contribution < -0.4 is 11.1 Å². The Hall–Kier alpha value is -2.23. The van der Waals surface area contributed by atoms with E-state index < -0.39 is 35.4 Å². The van der Waals surface area contributed by atoms with E-state index in [0.717, 1.165) is 12.1 Å². The first-order chi connectivity index (χ1) is 12.8. The third-order valence-corrected chi connectivity index (χ3v) is 4.41. The van der Waals surface area contributed by atoms with Gasteiger partial charge in [0, 0.05) is 11.1 Å². The van der Waals surface area contributed by atoms with Crippen LogP contribution in [0.25, 0.3) is 11.3 Å². The number of benzene rings is 1. The number of pyridine rings is 1. The molecule has 2 rings (SSSR count). The van der Waals surface area contributed by atoms with Crippen LogP contribution in [0.15, 0.2) is 30.3 Å². The van der Waals surface area contributed by atoms with Gasteiger partial charge in [-0.05, 0) is 49.7 Å². The fourth-order valence-electron chi connectivity index (χ4n) is 2.44. The predicted octanol–water partition coefficient (Wildman–Crippen LogP) is 3.23. The highest BCUT2D eigenvalue weighted by Crippen LogP contribution is 2.40. The van der Waals surface area contributed by atoms with Crippen molar-refractivity contribution in [3.05, 3.63) is 52.4 Å². The van der Waals surface area contributed by atoms with Gasteiger partial charge in [0.25, 0.3) is 0 Å². The molecule has 0 aliphatic heterocycles. The molecule has 1 amide bonds. The van der Waals surface area contributed by atoms with Gasteiger partial charge in [0.05, 0.1) is 23.0 Å². The molecule has 0 spiro atoms. The summed E-state index contributed by atoms with van der Waals surface area (Å²) in [6, 6.07) is 5.98. The molecule has 0 radical (unpaired) electrons. The van der Waals surface area contributed by atoms with E-state index in [1.807, 2.05) is 5.32 Å². The number of halogens is 5. The fraction of sp³-hybridized carbons (Fsp3) is 0.333. The molecule has 1 aromatic heterocycles. The zero-order valence-electron chi connectivity index (χ0n) is 14.9.